The molecule has 0 aliphatic carbocycles. The lowest BCUT2D eigenvalue weighted by molar-refractivity contribution is -0.363. The molecule has 0 amide bonds. The second kappa shape index (κ2) is 11.8. The highest BCUT2D eigenvalue weighted by atomic mass is 16.7. The lowest BCUT2D eigenvalue weighted by Crippen LogP contribution is -2.65. The molecule has 0 radical (unpaired) electrons. The Hall–Kier alpha value is -0.440. The summed E-state index contributed by atoms with van der Waals surface area (Å²) in [5.74, 6) is 0. The predicted octanol–water partition coefficient (Wildman–Crippen LogP) is -1.47. The van der Waals surface area contributed by atoms with Crippen LogP contribution in [0.5, 0.6) is 0 Å². The first-order chi connectivity index (χ1) is 14.0. The molecule has 2 aliphatic heterocycles. The fourth-order valence-corrected chi connectivity index (χ4v) is 3.97. The Morgan fingerprint density at radius 3 is 1.69 bits per heavy atom. The van der Waals surface area contributed by atoms with Gasteiger partial charge >= 0.3 is 0 Å². The van der Waals surface area contributed by atoms with Crippen LogP contribution in [0.2, 0.25) is 0 Å². The molecule has 0 aromatic rings. The monoisotopic (exact) mass is 426 g/mol. The lowest BCUT2D eigenvalue weighted by Gasteiger charge is -2.48. The van der Waals surface area contributed by atoms with Crippen molar-refractivity contribution in [3.8, 4) is 0 Å². The zero-order valence-electron chi connectivity index (χ0n) is 17.8. The van der Waals surface area contributed by atoms with Crippen LogP contribution in [-0.2, 0) is 42.6 Å². The summed E-state index contributed by atoms with van der Waals surface area (Å²) in [5, 5.41) is 19.9. The Morgan fingerprint density at radius 1 is 0.655 bits per heavy atom. The largest absolute Gasteiger partial charge is 0.394 e. The van der Waals surface area contributed by atoms with Gasteiger partial charge in [-0.15, -0.1) is 0 Å². The molecule has 0 unspecified atom stereocenters. The van der Waals surface area contributed by atoms with Crippen LogP contribution in [0.3, 0.4) is 0 Å². The van der Waals surface area contributed by atoms with Gasteiger partial charge in [0.2, 0.25) is 0 Å². The number of aliphatic hydroxyl groups excluding tert-OH is 2. The van der Waals surface area contributed by atoms with Crippen molar-refractivity contribution in [1.82, 2.24) is 0 Å². The summed E-state index contributed by atoms with van der Waals surface area (Å²) in [6.07, 6.45) is -7.54. The minimum Gasteiger partial charge on any atom is -0.394 e. The van der Waals surface area contributed by atoms with E-state index < -0.39 is 68.0 Å². The Labute approximate surface area is 171 Å². The van der Waals surface area contributed by atoms with Crippen LogP contribution in [-0.4, -0.2) is 127 Å². The van der Waals surface area contributed by atoms with Gasteiger partial charge in [-0.1, -0.05) is 0 Å². The van der Waals surface area contributed by atoms with E-state index in [0.717, 1.165) is 0 Å². The molecule has 29 heavy (non-hydrogen) atoms. The van der Waals surface area contributed by atoms with Crippen molar-refractivity contribution in [2.75, 3.05) is 55.9 Å². The van der Waals surface area contributed by atoms with E-state index in [2.05, 4.69) is 0 Å². The molecule has 2 aliphatic rings. The molecular weight excluding hydrogens is 392 g/mol. The summed E-state index contributed by atoms with van der Waals surface area (Å²) in [6, 6.07) is 0. The summed E-state index contributed by atoms with van der Waals surface area (Å²) >= 11 is 0. The Morgan fingerprint density at radius 2 is 1.21 bits per heavy atom. The van der Waals surface area contributed by atoms with Crippen molar-refractivity contribution in [1.29, 1.82) is 0 Å². The molecule has 2 fully saturated rings. The second-order valence-electron chi connectivity index (χ2n) is 6.85. The zero-order chi connectivity index (χ0) is 21.6. The highest BCUT2D eigenvalue weighted by Crippen LogP contribution is 2.33. The van der Waals surface area contributed by atoms with Crippen LogP contribution in [0.1, 0.15) is 0 Å². The van der Waals surface area contributed by atoms with Crippen LogP contribution in [0.4, 0.5) is 0 Å². The third kappa shape index (κ3) is 5.25. The summed E-state index contributed by atoms with van der Waals surface area (Å²) in [4.78, 5) is 0. The molecule has 11 nitrogen and oxygen atoms in total. The minimum absolute atomic E-state index is 0.242. The van der Waals surface area contributed by atoms with E-state index >= 15 is 0 Å². The van der Waals surface area contributed by atoms with Crippen molar-refractivity contribution in [2.24, 2.45) is 0 Å². The van der Waals surface area contributed by atoms with E-state index in [9.17, 15) is 10.2 Å². The van der Waals surface area contributed by atoms with Gasteiger partial charge in [-0.05, 0) is 0 Å². The second-order valence-corrected chi connectivity index (χ2v) is 6.85. The van der Waals surface area contributed by atoms with Gasteiger partial charge in [-0.25, -0.2) is 0 Å². The van der Waals surface area contributed by atoms with Crippen LogP contribution >= 0.6 is 0 Å². The molecule has 0 aromatic carbocycles. The average Bonchev–Trinajstić information content (AvgIpc) is 2.73. The first-order valence-corrected chi connectivity index (χ1v) is 9.39. The topological polar surface area (TPSA) is 124 Å². The van der Waals surface area contributed by atoms with Gasteiger partial charge in [0.05, 0.1) is 13.2 Å². The molecule has 0 spiro atoms. The smallest absolute Gasteiger partial charge is 0.187 e. The van der Waals surface area contributed by atoms with E-state index in [4.69, 9.17) is 42.6 Å². The molecule has 0 saturated carbocycles. The SMILES string of the molecule is COC[C@@H]1O[C@H](O[C@H]2[C@H](OC)[C@@H](OC)[C@H](O)O[C@@H]2CO)[C@H](OC)[C@@H](OC)[C@@H]1OC. The number of aliphatic hydroxyl groups is 2. The number of rotatable bonds is 10. The van der Waals surface area contributed by atoms with Gasteiger partial charge < -0.3 is 52.8 Å². The highest BCUT2D eigenvalue weighted by molar-refractivity contribution is 4.96. The van der Waals surface area contributed by atoms with Gasteiger partial charge in [-0.2, -0.15) is 0 Å². The Balaban J connectivity index is 2.29. The predicted molar refractivity (Wildman–Crippen MR) is 97.4 cm³/mol. The number of ether oxygens (including phenoxy) is 9. The van der Waals surface area contributed by atoms with Gasteiger partial charge in [0, 0.05) is 42.7 Å². The Bertz CT molecular complexity index is 467. The van der Waals surface area contributed by atoms with Crippen molar-refractivity contribution in [2.45, 2.75) is 61.4 Å². The maximum Gasteiger partial charge on any atom is 0.187 e. The van der Waals surface area contributed by atoms with Gasteiger partial charge in [-0.3, -0.25) is 0 Å². The first kappa shape index (κ1) is 24.8. The molecule has 172 valence electrons. The number of hydrogen-bond donors (Lipinski definition) is 2. The van der Waals surface area contributed by atoms with E-state index in [1.165, 1.54) is 21.3 Å². The van der Waals surface area contributed by atoms with Crippen LogP contribution in [0, 0.1) is 0 Å². The summed E-state index contributed by atoms with van der Waals surface area (Å²) in [6.45, 7) is -0.162. The maximum absolute atomic E-state index is 10.1. The summed E-state index contributed by atoms with van der Waals surface area (Å²) in [5.41, 5.74) is 0. The third-order valence-electron chi connectivity index (χ3n) is 5.36. The van der Waals surface area contributed by atoms with E-state index in [1.807, 2.05) is 0 Å². The maximum atomic E-state index is 10.1. The van der Waals surface area contributed by atoms with Gasteiger partial charge in [0.25, 0.3) is 0 Å². The molecule has 2 rings (SSSR count). The number of methoxy groups -OCH3 is 6. The van der Waals surface area contributed by atoms with Crippen LogP contribution < -0.4 is 0 Å². The standard InChI is InChI=1S/C18H34O11/c1-21-8-10-11(22-2)13(23-3)16(26-6)18(28-10)29-12-9(7-19)27-17(20)15(25-5)14(12)24-4/h9-20H,7-8H2,1-6H3/t9-,10+,11-,12-,13+,14+,15-,16-,17-,18-/m1/s1. The third-order valence-corrected chi connectivity index (χ3v) is 5.36. The number of hydrogen-bond acceptors (Lipinski definition) is 11. The van der Waals surface area contributed by atoms with E-state index in [1.54, 1.807) is 21.3 Å². The Kier molecular flexibility index (Phi) is 10.1. The van der Waals surface area contributed by atoms with Crippen LogP contribution in [0.15, 0.2) is 0 Å². The summed E-state index contributed by atoms with van der Waals surface area (Å²) < 4.78 is 50.6. The fraction of sp³-hybridized carbons (Fsp3) is 1.00. The van der Waals surface area contributed by atoms with Crippen molar-refractivity contribution < 1.29 is 52.8 Å². The average molecular weight is 426 g/mol. The molecule has 0 bridgehead atoms. The molecule has 2 heterocycles. The molecule has 0 aromatic heterocycles. The van der Waals surface area contributed by atoms with Gasteiger partial charge in [0.15, 0.2) is 12.6 Å². The van der Waals surface area contributed by atoms with Crippen molar-refractivity contribution in [3.05, 3.63) is 0 Å². The molecular formula is C18H34O11. The van der Waals surface area contributed by atoms with Crippen LogP contribution in [0.25, 0.3) is 0 Å². The molecule has 2 N–H and O–H groups in total. The minimum atomic E-state index is -1.28. The normalized spacial score (nSPS) is 43.4. The fourth-order valence-electron chi connectivity index (χ4n) is 3.97. The molecule has 11 heteroatoms. The van der Waals surface area contributed by atoms with Crippen molar-refractivity contribution >= 4 is 0 Å². The van der Waals surface area contributed by atoms with E-state index in [-0.39, 0.29) is 6.61 Å². The molecule has 10 atom stereocenters. The molecule has 2 saturated heterocycles. The van der Waals surface area contributed by atoms with Gasteiger partial charge in [0.1, 0.15) is 48.8 Å². The lowest BCUT2D eigenvalue weighted by atomic mass is 9.96. The quantitative estimate of drug-likeness (QED) is 0.425. The van der Waals surface area contributed by atoms with E-state index in [0.29, 0.717) is 0 Å². The zero-order valence-corrected chi connectivity index (χ0v) is 17.8. The first-order valence-electron chi connectivity index (χ1n) is 9.39. The summed E-state index contributed by atoms with van der Waals surface area (Å²) in [7, 11) is 9.05. The van der Waals surface area contributed by atoms with Crippen molar-refractivity contribution in [3.63, 3.8) is 0 Å². The highest BCUT2D eigenvalue weighted by Gasteiger charge is 2.52.